The number of nitrogens with zero attached hydrogens (tertiary/aromatic N) is 1. The molecule has 1 fully saturated rings. The number of amides is 2. The molecular formula is C25H31ClN2O6. The maximum atomic E-state index is 13.2. The predicted molar refractivity (Wildman–Crippen MR) is 129 cm³/mol. The molecule has 8 nitrogen and oxygen atoms in total. The van der Waals surface area contributed by atoms with Crippen molar-refractivity contribution in [2.24, 2.45) is 5.92 Å². The number of rotatable bonds is 10. The fourth-order valence-corrected chi connectivity index (χ4v) is 4.44. The van der Waals surface area contributed by atoms with Gasteiger partial charge in [-0.3, -0.25) is 9.59 Å². The van der Waals surface area contributed by atoms with Crippen molar-refractivity contribution in [2.45, 2.75) is 12.3 Å². The molecule has 0 spiro atoms. The van der Waals surface area contributed by atoms with E-state index in [0.717, 1.165) is 5.56 Å². The van der Waals surface area contributed by atoms with Crippen LogP contribution in [0.25, 0.3) is 0 Å². The Morgan fingerprint density at radius 2 is 1.74 bits per heavy atom. The summed E-state index contributed by atoms with van der Waals surface area (Å²) in [6, 6.07) is 10.5. The summed E-state index contributed by atoms with van der Waals surface area (Å²) in [5, 5.41) is 3.47. The van der Waals surface area contributed by atoms with Crippen molar-refractivity contribution in [1.29, 1.82) is 0 Å². The number of carbonyl (C=O) groups is 2. The van der Waals surface area contributed by atoms with E-state index in [1.807, 2.05) is 12.1 Å². The first-order valence-corrected chi connectivity index (χ1v) is 11.4. The predicted octanol–water partition coefficient (Wildman–Crippen LogP) is 3.37. The topological polar surface area (TPSA) is 86.3 Å². The molecule has 1 aliphatic rings. The van der Waals surface area contributed by atoms with Crippen LogP contribution in [-0.4, -0.2) is 71.4 Å². The molecule has 2 amide bonds. The van der Waals surface area contributed by atoms with Crippen LogP contribution in [0.4, 0.5) is 0 Å². The number of methoxy groups -OCH3 is 4. The van der Waals surface area contributed by atoms with E-state index in [2.05, 4.69) is 5.32 Å². The minimum absolute atomic E-state index is 0.115. The molecule has 1 heterocycles. The largest absolute Gasteiger partial charge is 0.493 e. The van der Waals surface area contributed by atoms with E-state index in [1.165, 1.54) is 7.11 Å². The number of nitrogens with one attached hydrogen (secondary N) is 1. The minimum Gasteiger partial charge on any atom is -0.493 e. The van der Waals surface area contributed by atoms with Crippen LogP contribution in [0.15, 0.2) is 36.4 Å². The van der Waals surface area contributed by atoms with Gasteiger partial charge in [-0.1, -0.05) is 17.7 Å². The molecule has 1 saturated heterocycles. The van der Waals surface area contributed by atoms with Crippen LogP contribution in [0.3, 0.4) is 0 Å². The summed E-state index contributed by atoms with van der Waals surface area (Å²) in [6.45, 7) is 1.69. The zero-order valence-corrected chi connectivity index (χ0v) is 20.7. The third-order valence-electron chi connectivity index (χ3n) is 5.96. The summed E-state index contributed by atoms with van der Waals surface area (Å²) in [6.07, 6.45) is 0.703. The molecule has 2 atom stereocenters. The summed E-state index contributed by atoms with van der Waals surface area (Å²) in [7, 11) is 6.26. The second kappa shape index (κ2) is 11.9. The molecular weight excluding hydrogens is 460 g/mol. The molecule has 3 rings (SSSR count). The molecule has 1 aliphatic heterocycles. The van der Waals surface area contributed by atoms with Crippen LogP contribution in [0.2, 0.25) is 5.02 Å². The molecule has 184 valence electrons. The maximum Gasteiger partial charge on any atom is 0.253 e. The lowest BCUT2D eigenvalue weighted by Crippen LogP contribution is -2.36. The summed E-state index contributed by atoms with van der Waals surface area (Å²) in [5.41, 5.74) is 1.31. The SMILES string of the molecule is COCCCNC(=O)[C@H]1CN(C(=O)c2cccc(Cl)c2)C[C@@H]1c1cc(OC)c(OC)c(OC)c1. The highest BCUT2D eigenvalue weighted by molar-refractivity contribution is 6.30. The number of benzene rings is 2. The average Bonchev–Trinajstić information content (AvgIpc) is 3.30. The Bertz CT molecular complexity index is 990. The zero-order chi connectivity index (χ0) is 24.7. The van der Waals surface area contributed by atoms with E-state index in [1.54, 1.807) is 50.5 Å². The molecule has 2 aromatic rings. The molecule has 0 unspecified atom stereocenters. The maximum absolute atomic E-state index is 13.2. The van der Waals surface area contributed by atoms with Gasteiger partial charge in [0.2, 0.25) is 11.7 Å². The van der Waals surface area contributed by atoms with Crippen molar-refractivity contribution in [2.75, 3.05) is 54.7 Å². The van der Waals surface area contributed by atoms with E-state index >= 15 is 0 Å². The summed E-state index contributed by atoms with van der Waals surface area (Å²) < 4.78 is 21.5. The van der Waals surface area contributed by atoms with Crippen molar-refractivity contribution in [3.63, 3.8) is 0 Å². The fraction of sp³-hybridized carbons (Fsp3) is 0.440. The highest BCUT2D eigenvalue weighted by atomic mass is 35.5. The van der Waals surface area contributed by atoms with Gasteiger partial charge in [-0.05, 0) is 42.3 Å². The summed E-state index contributed by atoms with van der Waals surface area (Å²) >= 11 is 6.09. The number of ether oxygens (including phenoxy) is 4. The third kappa shape index (κ3) is 5.74. The van der Waals surface area contributed by atoms with Gasteiger partial charge in [0.05, 0.1) is 27.2 Å². The van der Waals surface area contributed by atoms with E-state index in [4.69, 9.17) is 30.5 Å². The molecule has 34 heavy (non-hydrogen) atoms. The molecule has 0 saturated carbocycles. The van der Waals surface area contributed by atoms with Crippen LogP contribution in [0, 0.1) is 5.92 Å². The van der Waals surface area contributed by atoms with Gasteiger partial charge in [0.15, 0.2) is 11.5 Å². The van der Waals surface area contributed by atoms with Gasteiger partial charge < -0.3 is 29.2 Å². The molecule has 0 aromatic heterocycles. The molecule has 0 radical (unpaired) electrons. The fourth-order valence-electron chi connectivity index (χ4n) is 4.25. The highest BCUT2D eigenvalue weighted by Gasteiger charge is 2.41. The van der Waals surface area contributed by atoms with E-state index in [-0.39, 0.29) is 24.3 Å². The van der Waals surface area contributed by atoms with Gasteiger partial charge in [0.1, 0.15) is 0 Å². The molecule has 2 aromatic carbocycles. The molecule has 9 heteroatoms. The van der Waals surface area contributed by atoms with E-state index < -0.39 is 5.92 Å². The van der Waals surface area contributed by atoms with Crippen molar-refractivity contribution < 1.29 is 28.5 Å². The first kappa shape index (κ1) is 25.6. The second-order valence-electron chi connectivity index (χ2n) is 8.03. The van der Waals surface area contributed by atoms with E-state index in [9.17, 15) is 9.59 Å². The second-order valence-corrected chi connectivity index (χ2v) is 8.47. The Morgan fingerprint density at radius 3 is 2.32 bits per heavy atom. The van der Waals surface area contributed by atoms with Crippen molar-refractivity contribution in [3.05, 3.63) is 52.5 Å². The Hall–Kier alpha value is -2.97. The smallest absolute Gasteiger partial charge is 0.253 e. The number of hydrogen-bond acceptors (Lipinski definition) is 6. The number of likely N-dealkylation sites (tertiary alicyclic amines) is 1. The lowest BCUT2D eigenvalue weighted by Gasteiger charge is -2.21. The normalized spacial score (nSPS) is 17.4. The van der Waals surface area contributed by atoms with Gasteiger partial charge in [0.25, 0.3) is 5.91 Å². The van der Waals surface area contributed by atoms with E-state index in [0.29, 0.717) is 54.0 Å². The number of carbonyl (C=O) groups excluding carboxylic acids is 2. The lowest BCUT2D eigenvalue weighted by molar-refractivity contribution is -0.125. The Labute approximate surface area is 205 Å². The molecule has 0 bridgehead atoms. The lowest BCUT2D eigenvalue weighted by atomic mass is 9.88. The monoisotopic (exact) mass is 490 g/mol. The van der Waals surface area contributed by atoms with Gasteiger partial charge in [-0.15, -0.1) is 0 Å². The summed E-state index contributed by atoms with van der Waals surface area (Å²) in [4.78, 5) is 28.1. The van der Waals surface area contributed by atoms with Crippen LogP contribution in [0.5, 0.6) is 17.2 Å². The standard InChI is InChI=1S/C25H31ClN2O6/c1-31-10-6-9-27-24(29)20-15-28(25(30)16-7-5-8-18(26)11-16)14-19(20)17-12-21(32-2)23(34-4)22(13-17)33-3/h5,7-8,11-13,19-20H,6,9-10,14-15H2,1-4H3,(H,27,29)/t19-,20+/m1/s1. The van der Waals surface area contributed by atoms with Gasteiger partial charge in [-0.2, -0.15) is 0 Å². The van der Waals surface area contributed by atoms with Crippen molar-refractivity contribution >= 4 is 23.4 Å². The van der Waals surface area contributed by atoms with Crippen LogP contribution in [-0.2, 0) is 9.53 Å². The van der Waals surface area contributed by atoms with Gasteiger partial charge >= 0.3 is 0 Å². The average molecular weight is 491 g/mol. The Morgan fingerprint density at radius 1 is 1.03 bits per heavy atom. The molecule has 1 N–H and O–H groups in total. The van der Waals surface area contributed by atoms with Crippen molar-refractivity contribution in [3.8, 4) is 17.2 Å². The van der Waals surface area contributed by atoms with Crippen LogP contribution in [0.1, 0.15) is 28.3 Å². The van der Waals surface area contributed by atoms with Crippen LogP contribution >= 0.6 is 11.6 Å². The third-order valence-corrected chi connectivity index (χ3v) is 6.19. The first-order valence-electron chi connectivity index (χ1n) is 11.0. The Kier molecular flexibility index (Phi) is 9.01. The quantitative estimate of drug-likeness (QED) is 0.514. The van der Waals surface area contributed by atoms with Crippen molar-refractivity contribution in [1.82, 2.24) is 10.2 Å². The minimum atomic E-state index is -0.450. The van der Waals surface area contributed by atoms with Crippen LogP contribution < -0.4 is 19.5 Å². The molecule has 0 aliphatic carbocycles. The van der Waals surface area contributed by atoms with Gasteiger partial charge in [-0.25, -0.2) is 0 Å². The summed E-state index contributed by atoms with van der Waals surface area (Å²) in [5.74, 6) is 0.462. The number of halogens is 1. The first-order chi connectivity index (χ1) is 16.4. The zero-order valence-electron chi connectivity index (χ0n) is 19.9. The highest BCUT2D eigenvalue weighted by Crippen LogP contribution is 2.43. The van der Waals surface area contributed by atoms with Gasteiger partial charge in [0, 0.05) is 49.9 Å². The number of hydrogen-bond donors (Lipinski definition) is 1. The Balaban J connectivity index is 1.93.